The Morgan fingerprint density at radius 1 is 1.24 bits per heavy atom. The van der Waals surface area contributed by atoms with Gasteiger partial charge in [-0.3, -0.25) is 4.79 Å². The monoisotopic (exact) mass is 298 g/mol. The number of benzene rings is 1. The highest BCUT2D eigenvalue weighted by molar-refractivity contribution is 7.07. The van der Waals surface area contributed by atoms with Gasteiger partial charge in [-0.2, -0.15) is 5.26 Å². The Bertz CT molecular complexity index is 856. The molecule has 0 bridgehead atoms. The summed E-state index contributed by atoms with van der Waals surface area (Å²) >= 11 is 1.33. The van der Waals surface area contributed by atoms with Gasteiger partial charge in [0.25, 0.3) is 5.56 Å². The molecule has 1 heterocycles. The minimum atomic E-state index is -0.0682. The minimum Gasteiger partial charge on any atom is -0.301 e. The van der Waals surface area contributed by atoms with Crippen LogP contribution in [0.4, 0.5) is 0 Å². The third-order valence-corrected chi connectivity index (χ3v) is 4.44. The second-order valence-corrected chi connectivity index (χ2v) is 7.02. The van der Waals surface area contributed by atoms with Gasteiger partial charge in [0, 0.05) is 13.1 Å². The average molecular weight is 298 g/mol. The molecule has 3 nitrogen and oxygen atoms in total. The van der Waals surface area contributed by atoms with Crippen molar-refractivity contribution in [2.75, 3.05) is 0 Å². The fourth-order valence-corrected chi connectivity index (χ4v) is 2.97. The molecule has 0 saturated heterocycles. The van der Waals surface area contributed by atoms with Crippen LogP contribution in [0.2, 0.25) is 0 Å². The predicted octanol–water partition coefficient (Wildman–Crippen LogP) is 1.88. The summed E-state index contributed by atoms with van der Waals surface area (Å²) in [5, 5.41) is 8.72. The van der Waals surface area contributed by atoms with E-state index in [0.717, 1.165) is 5.56 Å². The van der Waals surface area contributed by atoms with Crippen molar-refractivity contribution < 1.29 is 0 Å². The quantitative estimate of drug-likeness (QED) is 0.807. The van der Waals surface area contributed by atoms with E-state index in [1.165, 1.54) is 27.5 Å². The van der Waals surface area contributed by atoms with Crippen molar-refractivity contribution in [1.29, 1.82) is 5.26 Å². The summed E-state index contributed by atoms with van der Waals surface area (Å²) < 4.78 is 2.81. The van der Waals surface area contributed by atoms with Gasteiger partial charge in [-0.1, -0.05) is 45.0 Å². The van der Waals surface area contributed by atoms with Crippen molar-refractivity contribution in [3.05, 3.63) is 54.9 Å². The largest absolute Gasteiger partial charge is 0.301 e. The van der Waals surface area contributed by atoms with Gasteiger partial charge in [0.2, 0.25) is 0 Å². The van der Waals surface area contributed by atoms with Crippen LogP contribution in [0.25, 0.3) is 12.2 Å². The smallest absolute Gasteiger partial charge is 0.268 e. The topological polar surface area (TPSA) is 45.8 Å². The fraction of sp³-hybridized carbons (Fsp3) is 0.294. The zero-order valence-corrected chi connectivity index (χ0v) is 13.5. The normalized spacial score (nSPS) is 13.5. The van der Waals surface area contributed by atoms with Crippen molar-refractivity contribution in [2.24, 2.45) is 7.05 Å². The molecule has 21 heavy (non-hydrogen) atoms. The molecule has 0 atom stereocenters. The van der Waals surface area contributed by atoms with E-state index in [-0.39, 0.29) is 11.0 Å². The third-order valence-electron chi connectivity index (χ3n) is 3.32. The van der Waals surface area contributed by atoms with Crippen LogP contribution in [0.1, 0.15) is 31.9 Å². The third kappa shape index (κ3) is 3.32. The Kier molecular flexibility index (Phi) is 4.15. The first kappa shape index (κ1) is 15.3. The fourth-order valence-electron chi connectivity index (χ4n) is 1.99. The molecule has 1 aromatic heterocycles. The van der Waals surface area contributed by atoms with E-state index in [4.69, 9.17) is 5.26 Å². The first-order chi connectivity index (χ1) is 9.82. The van der Waals surface area contributed by atoms with Crippen LogP contribution < -0.4 is 14.8 Å². The van der Waals surface area contributed by atoms with Crippen molar-refractivity contribution >= 4 is 23.5 Å². The predicted molar refractivity (Wildman–Crippen MR) is 87.6 cm³/mol. The zero-order chi connectivity index (χ0) is 15.6. The Labute approximate surface area is 128 Å². The van der Waals surface area contributed by atoms with Gasteiger partial charge in [0.1, 0.15) is 4.66 Å². The van der Waals surface area contributed by atoms with Crippen LogP contribution in [-0.4, -0.2) is 4.57 Å². The molecule has 2 aromatic rings. The molecule has 0 N–H and O–H groups in total. The Morgan fingerprint density at radius 3 is 2.38 bits per heavy atom. The van der Waals surface area contributed by atoms with Gasteiger partial charge in [0.15, 0.2) is 0 Å². The maximum Gasteiger partial charge on any atom is 0.268 e. The van der Waals surface area contributed by atoms with E-state index in [2.05, 4.69) is 32.9 Å². The lowest BCUT2D eigenvalue weighted by Gasteiger charge is -2.18. The summed E-state index contributed by atoms with van der Waals surface area (Å²) in [4.78, 5) is 12.1. The summed E-state index contributed by atoms with van der Waals surface area (Å²) in [6, 6.07) is 10.2. The van der Waals surface area contributed by atoms with Crippen LogP contribution in [0.5, 0.6) is 0 Å². The van der Waals surface area contributed by atoms with Gasteiger partial charge in [-0.15, -0.1) is 11.3 Å². The molecular weight excluding hydrogens is 280 g/mol. The molecule has 1 aromatic carbocycles. The maximum atomic E-state index is 12.1. The Hall–Kier alpha value is -2.12. The summed E-state index contributed by atoms with van der Waals surface area (Å²) in [5.41, 5.74) is 2.30. The number of hydrogen-bond donors (Lipinski definition) is 0. The van der Waals surface area contributed by atoms with Crippen LogP contribution in [0.3, 0.4) is 0 Å². The molecule has 108 valence electrons. The molecule has 0 aliphatic rings. The van der Waals surface area contributed by atoms with Gasteiger partial charge in [0.05, 0.1) is 10.6 Å². The lowest BCUT2D eigenvalue weighted by molar-refractivity contribution is 0.590. The van der Waals surface area contributed by atoms with Gasteiger partial charge < -0.3 is 4.57 Å². The van der Waals surface area contributed by atoms with Crippen molar-refractivity contribution in [3.63, 3.8) is 0 Å². The molecule has 0 spiro atoms. The molecule has 0 radical (unpaired) electrons. The van der Waals surface area contributed by atoms with E-state index in [1.807, 2.05) is 24.3 Å². The Balaban J connectivity index is 2.51. The van der Waals surface area contributed by atoms with Crippen molar-refractivity contribution in [1.82, 2.24) is 4.57 Å². The standard InChI is InChI=1S/C17H18N2OS/c1-17(2,3)13-7-5-12(6-8-13)11-14-16(20)19(4)15(21-14)9-10-18/h5-9,11H,1-4H3/b14-11+,15-9-. The first-order valence-electron chi connectivity index (χ1n) is 6.71. The van der Waals surface area contributed by atoms with E-state index < -0.39 is 0 Å². The summed E-state index contributed by atoms with van der Waals surface area (Å²) in [6.07, 6.45) is 3.26. The molecule has 0 fully saturated rings. The van der Waals surface area contributed by atoms with E-state index in [9.17, 15) is 4.79 Å². The van der Waals surface area contributed by atoms with Gasteiger partial charge >= 0.3 is 0 Å². The van der Waals surface area contributed by atoms with Gasteiger partial charge in [-0.05, 0) is 22.6 Å². The number of hydrogen-bond acceptors (Lipinski definition) is 3. The zero-order valence-electron chi connectivity index (χ0n) is 12.7. The highest BCUT2D eigenvalue weighted by Crippen LogP contribution is 2.22. The lowest BCUT2D eigenvalue weighted by atomic mass is 9.87. The van der Waals surface area contributed by atoms with Crippen molar-refractivity contribution in [3.8, 4) is 6.07 Å². The molecule has 0 amide bonds. The number of nitrogens with zero attached hydrogens (tertiary/aromatic N) is 2. The second-order valence-electron chi connectivity index (χ2n) is 5.96. The first-order valence-corrected chi connectivity index (χ1v) is 7.52. The molecule has 0 aliphatic heterocycles. The SMILES string of the molecule is Cn1c(=O)/c(=C\c2ccc(C(C)(C)C)cc2)s/c1=C\C#N. The molecule has 2 rings (SSSR count). The molecule has 0 aliphatic carbocycles. The van der Waals surface area contributed by atoms with Crippen LogP contribution >= 0.6 is 11.3 Å². The number of rotatable bonds is 1. The van der Waals surface area contributed by atoms with Crippen LogP contribution in [-0.2, 0) is 12.5 Å². The highest BCUT2D eigenvalue weighted by Gasteiger charge is 2.12. The molecular formula is C17H18N2OS. The molecule has 0 unspecified atom stereocenters. The highest BCUT2D eigenvalue weighted by atomic mass is 32.1. The van der Waals surface area contributed by atoms with E-state index in [0.29, 0.717) is 9.20 Å². The van der Waals surface area contributed by atoms with E-state index >= 15 is 0 Å². The Morgan fingerprint density at radius 2 is 1.86 bits per heavy atom. The lowest BCUT2D eigenvalue weighted by Crippen LogP contribution is -2.28. The summed E-state index contributed by atoms with van der Waals surface area (Å²) in [5.74, 6) is 0. The number of nitriles is 1. The average Bonchev–Trinajstić information content (AvgIpc) is 2.67. The number of thiazole rings is 1. The number of aromatic nitrogens is 1. The maximum absolute atomic E-state index is 12.1. The van der Waals surface area contributed by atoms with Crippen LogP contribution in [0, 0.1) is 11.3 Å². The second kappa shape index (κ2) is 5.71. The van der Waals surface area contributed by atoms with Crippen LogP contribution in [0.15, 0.2) is 29.1 Å². The van der Waals surface area contributed by atoms with E-state index in [1.54, 1.807) is 7.05 Å². The van der Waals surface area contributed by atoms with Crippen molar-refractivity contribution in [2.45, 2.75) is 26.2 Å². The molecule has 0 saturated carbocycles. The summed E-state index contributed by atoms with van der Waals surface area (Å²) in [7, 11) is 1.68. The summed E-state index contributed by atoms with van der Waals surface area (Å²) in [6.45, 7) is 6.51. The molecule has 4 heteroatoms. The minimum absolute atomic E-state index is 0.0682. The van der Waals surface area contributed by atoms with Gasteiger partial charge in [-0.25, -0.2) is 0 Å².